The van der Waals surface area contributed by atoms with Gasteiger partial charge in [0.2, 0.25) is 5.78 Å². The highest BCUT2D eigenvalue weighted by molar-refractivity contribution is 7.99. The highest BCUT2D eigenvalue weighted by atomic mass is 32.2. The number of aromatic nitrogens is 1. The SMILES string of the molecule is COC(=O)c1c(C)[nH]c(C(=O)[C@H](C)OC(=O)CCSc2ccc(C)cc2)c1C. The van der Waals surface area contributed by atoms with Gasteiger partial charge in [0.05, 0.1) is 24.8 Å². The molecule has 0 saturated heterocycles. The Labute approximate surface area is 169 Å². The van der Waals surface area contributed by atoms with Crippen molar-refractivity contribution in [3.05, 3.63) is 52.3 Å². The number of benzene rings is 1. The third-order valence-electron chi connectivity index (χ3n) is 4.35. The van der Waals surface area contributed by atoms with E-state index in [4.69, 9.17) is 9.47 Å². The molecule has 0 saturated carbocycles. The molecular formula is C21H25NO5S. The van der Waals surface area contributed by atoms with Crippen LogP contribution in [0.2, 0.25) is 0 Å². The van der Waals surface area contributed by atoms with Gasteiger partial charge in [0, 0.05) is 16.3 Å². The number of nitrogens with one attached hydrogen (secondary N) is 1. The van der Waals surface area contributed by atoms with Crippen molar-refractivity contribution in [2.24, 2.45) is 0 Å². The van der Waals surface area contributed by atoms with Gasteiger partial charge in [0.1, 0.15) is 0 Å². The van der Waals surface area contributed by atoms with Gasteiger partial charge in [0.25, 0.3) is 0 Å². The van der Waals surface area contributed by atoms with Crippen LogP contribution in [0.1, 0.15) is 51.0 Å². The Morgan fingerprint density at radius 3 is 2.36 bits per heavy atom. The lowest BCUT2D eigenvalue weighted by molar-refractivity contribution is -0.145. The Morgan fingerprint density at radius 2 is 1.75 bits per heavy atom. The van der Waals surface area contributed by atoms with Crippen molar-refractivity contribution < 1.29 is 23.9 Å². The molecule has 2 rings (SSSR count). The van der Waals surface area contributed by atoms with Gasteiger partial charge in [-0.1, -0.05) is 17.7 Å². The van der Waals surface area contributed by atoms with Crippen LogP contribution < -0.4 is 0 Å². The van der Waals surface area contributed by atoms with Crippen LogP contribution in [-0.2, 0) is 14.3 Å². The van der Waals surface area contributed by atoms with Crippen molar-refractivity contribution in [1.82, 2.24) is 4.98 Å². The van der Waals surface area contributed by atoms with Crippen LogP contribution in [0.5, 0.6) is 0 Å². The molecule has 0 radical (unpaired) electrons. The summed E-state index contributed by atoms with van der Waals surface area (Å²) in [4.78, 5) is 40.5. The number of hydrogen-bond acceptors (Lipinski definition) is 6. The third kappa shape index (κ3) is 5.25. The number of H-pyrrole nitrogens is 1. The predicted molar refractivity (Wildman–Crippen MR) is 108 cm³/mol. The van der Waals surface area contributed by atoms with Crippen LogP contribution in [0.15, 0.2) is 29.2 Å². The van der Waals surface area contributed by atoms with Crippen LogP contribution in [0.25, 0.3) is 0 Å². The zero-order chi connectivity index (χ0) is 20.8. The second kappa shape index (κ2) is 9.59. The van der Waals surface area contributed by atoms with Gasteiger partial charge in [-0.2, -0.15) is 0 Å². The third-order valence-corrected chi connectivity index (χ3v) is 5.36. The van der Waals surface area contributed by atoms with E-state index in [0.717, 1.165) is 4.90 Å². The summed E-state index contributed by atoms with van der Waals surface area (Å²) in [5.41, 5.74) is 2.81. The molecule has 0 aliphatic rings. The average molecular weight is 404 g/mol. The van der Waals surface area contributed by atoms with E-state index in [2.05, 4.69) is 4.98 Å². The van der Waals surface area contributed by atoms with Crippen LogP contribution in [0, 0.1) is 20.8 Å². The first-order valence-electron chi connectivity index (χ1n) is 8.95. The van der Waals surface area contributed by atoms with E-state index in [1.54, 1.807) is 25.6 Å². The van der Waals surface area contributed by atoms with Crippen molar-refractivity contribution in [1.29, 1.82) is 0 Å². The highest BCUT2D eigenvalue weighted by Gasteiger charge is 2.27. The Bertz CT molecular complexity index is 870. The minimum absolute atomic E-state index is 0.201. The van der Waals surface area contributed by atoms with Gasteiger partial charge < -0.3 is 14.5 Å². The summed E-state index contributed by atoms with van der Waals surface area (Å²) in [5.74, 6) is -0.761. The molecule has 1 aromatic heterocycles. The smallest absolute Gasteiger partial charge is 0.339 e. The van der Waals surface area contributed by atoms with E-state index in [1.165, 1.54) is 19.6 Å². The molecule has 2 aromatic rings. The number of Topliss-reactive ketones (excluding diaryl/α,β-unsaturated/α-hetero) is 1. The highest BCUT2D eigenvalue weighted by Crippen LogP contribution is 2.22. The number of carbonyl (C=O) groups is 3. The molecule has 150 valence electrons. The Balaban J connectivity index is 1.92. The first kappa shape index (κ1) is 21.8. The summed E-state index contributed by atoms with van der Waals surface area (Å²) in [6, 6.07) is 8.05. The normalized spacial score (nSPS) is 11.8. The minimum Gasteiger partial charge on any atom is -0.465 e. The summed E-state index contributed by atoms with van der Waals surface area (Å²) in [5, 5.41) is 0. The van der Waals surface area contributed by atoms with E-state index in [9.17, 15) is 14.4 Å². The molecule has 6 nitrogen and oxygen atoms in total. The van der Waals surface area contributed by atoms with E-state index >= 15 is 0 Å². The molecule has 1 aromatic carbocycles. The molecule has 1 atom stereocenters. The van der Waals surface area contributed by atoms with Crippen molar-refractivity contribution in [3.63, 3.8) is 0 Å². The summed E-state index contributed by atoms with van der Waals surface area (Å²) in [6.07, 6.45) is -0.745. The molecule has 7 heteroatoms. The van der Waals surface area contributed by atoms with Crippen molar-refractivity contribution in [3.8, 4) is 0 Å². The zero-order valence-electron chi connectivity index (χ0n) is 16.8. The molecule has 0 spiro atoms. The van der Waals surface area contributed by atoms with Gasteiger partial charge >= 0.3 is 11.9 Å². The van der Waals surface area contributed by atoms with Gasteiger partial charge in [-0.25, -0.2) is 4.79 Å². The molecule has 1 N–H and O–H groups in total. The number of ketones is 1. The molecule has 0 aliphatic carbocycles. The molecular weight excluding hydrogens is 378 g/mol. The second-order valence-corrected chi connectivity index (χ2v) is 7.69. The first-order chi connectivity index (χ1) is 13.2. The molecule has 1 heterocycles. The van der Waals surface area contributed by atoms with Crippen molar-refractivity contribution >= 4 is 29.5 Å². The monoisotopic (exact) mass is 403 g/mol. The number of aryl methyl sites for hydroxylation is 2. The molecule has 0 amide bonds. The average Bonchev–Trinajstić information content (AvgIpc) is 2.96. The fraction of sp³-hybridized carbons (Fsp3) is 0.381. The van der Waals surface area contributed by atoms with E-state index in [0.29, 0.717) is 22.6 Å². The predicted octanol–water partition coefficient (Wildman–Crippen LogP) is 4.02. The van der Waals surface area contributed by atoms with Crippen LogP contribution in [-0.4, -0.2) is 41.7 Å². The van der Waals surface area contributed by atoms with Gasteiger partial charge in [-0.3, -0.25) is 9.59 Å². The van der Waals surface area contributed by atoms with Crippen molar-refractivity contribution in [2.75, 3.05) is 12.9 Å². The number of rotatable bonds is 8. The maximum atomic E-state index is 12.6. The zero-order valence-corrected chi connectivity index (χ0v) is 17.6. The van der Waals surface area contributed by atoms with E-state index in [1.807, 2.05) is 31.2 Å². The van der Waals surface area contributed by atoms with Gasteiger partial charge in [0.15, 0.2) is 6.10 Å². The second-order valence-electron chi connectivity index (χ2n) is 6.52. The van der Waals surface area contributed by atoms with Crippen molar-refractivity contribution in [2.45, 2.75) is 45.1 Å². The van der Waals surface area contributed by atoms with E-state index < -0.39 is 18.0 Å². The van der Waals surface area contributed by atoms with Crippen LogP contribution >= 0.6 is 11.8 Å². The molecule has 0 bridgehead atoms. The summed E-state index contributed by atoms with van der Waals surface area (Å²) in [7, 11) is 1.29. The van der Waals surface area contributed by atoms with Gasteiger partial charge in [-0.15, -0.1) is 11.8 Å². The Kier molecular flexibility index (Phi) is 7.45. The summed E-state index contributed by atoms with van der Waals surface area (Å²) < 4.78 is 10.0. The quantitative estimate of drug-likeness (QED) is 0.407. The maximum Gasteiger partial charge on any atom is 0.339 e. The topological polar surface area (TPSA) is 85.5 Å². The lowest BCUT2D eigenvalue weighted by Crippen LogP contribution is -2.25. The molecule has 0 fully saturated rings. The number of thioether (sulfide) groups is 1. The number of carbonyl (C=O) groups excluding carboxylic acids is 3. The lowest BCUT2D eigenvalue weighted by Gasteiger charge is -2.12. The number of esters is 2. The summed E-state index contributed by atoms with van der Waals surface area (Å²) in [6.45, 7) is 6.90. The standard InChI is InChI=1S/C21H25NO5S/c1-12-6-8-16(9-7-12)28-11-10-17(23)27-15(4)20(24)19-13(2)18(14(3)22-19)21(25)26-5/h6-9,15,22H,10-11H2,1-5H3/t15-/m0/s1. The minimum atomic E-state index is -0.945. The number of ether oxygens (including phenoxy) is 2. The molecule has 0 unspecified atom stereocenters. The van der Waals surface area contributed by atoms with Crippen LogP contribution in [0.3, 0.4) is 0 Å². The Hall–Kier alpha value is -2.54. The van der Waals surface area contributed by atoms with E-state index in [-0.39, 0.29) is 17.9 Å². The fourth-order valence-electron chi connectivity index (χ4n) is 2.80. The Morgan fingerprint density at radius 1 is 1.11 bits per heavy atom. The first-order valence-corrected chi connectivity index (χ1v) is 9.93. The number of methoxy groups -OCH3 is 1. The number of hydrogen-bond donors (Lipinski definition) is 1. The number of aromatic amines is 1. The van der Waals surface area contributed by atoms with Gasteiger partial charge in [-0.05, 0) is 45.4 Å². The summed E-state index contributed by atoms with van der Waals surface area (Å²) >= 11 is 1.56. The van der Waals surface area contributed by atoms with Crippen LogP contribution in [0.4, 0.5) is 0 Å². The fourth-order valence-corrected chi connectivity index (χ4v) is 3.64. The molecule has 28 heavy (non-hydrogen) atoms. The lowest BCUT2D eigenvalue weighted by atomic mass is 10.1. The molecule has 0 aliphatic heterocycles. The maximum absolute atomic E-state index is 12.6. The largest absolute Gasteiger partial charge is 0.465 e.